The Morgan fingerprint density at radius 2 is 1.32 bits per heavy atom. The standard InChI is InChI=1S/C35H23N5O/c1-3-10-24(11-4-1)39(25-12-5-2-6-13-25)26-18-20-32-29(22-26)28-14-7-8-15-31(28)40(32)27-17-19-30(37-23-27)35-38-34-33(41-35)16-9-21-36-34/h1-23H. The molecular formula is C35H23N5O. The van der Waals surface area contributed by atoms with Crippen molar-refractivity contribution in [1.29, 1.82) is 0 Å². The molecule has 0 bridgehead atoms. The highest BCUT2D eigenvalue weighted by molar-refractivity contribution is 6.10. The largest absolute Gasteiger partial charge is 0.433 e. The van der Waals surface area contributed by atoms with E-state index in [-0.39, 0.29) is 0 Å². The van der Waals surface area contributed by atoms with E-state index in [0.29, 0.717) is 22.8 Å². The summed E-state index contributed by atoms with van der Waals surface area (Å²) < 4.78 is 8.14. The second-order valence-corrected chi connectivity index (χ2v) is 9.81. The Morgan fingerprint density at radius 3 is 2.05 bits per heavy atom. The lowest BCUT2D eigenvalue weighted by atomic mass is 10.1. The molecule has 0 saturated heterocycles. The van der Waals surface area contributed by atoms with Gasteiger partial charge in [-0.1, -0.05) is 54.6 Å². The van der Waals surface area contributed by atoms with Crippen molar-refractivity contribution < 1.29 is 4.42 Å². The fraction of sp³-hybridized carbons (Fsp3) is 0. The van der Waals surface area contributed by atoms with Crippen LogP contribution in [-0.4, -0.2) is 19.5 Å². The van der Waals surface area contributed by atoms with Crippen LogP contribution in [0.1, 0.15) is 0 Å². The number of anilines is 3. The Morgan fingerprint density at radius 1 is 0.585 bits per heavy atom. The van der Waals surface area contributed by atoms with Gasteiger partial charge in [0.15, 0.2) is 11.2 Å². The molecule has 0 spiro atoms. The normalized spacial score (nSPS) is 11.4. The molecule has 6 nitrogen and oxygen atoms in total. The highest BCUT2D eigenvalue weighted by Gasteiger charge is 2.17. The third-order valence-electron chi connectivity index (χ3n) is 7.33. The minimum Gasteiger partial charge on any atom is -0.433 e. The number of aromatic nitrogens is 4. The van der Waals surface area contributed by atoms with Gasteiger partial charge in [-0.25, -0.2) is 9.97 Å². The summed E-state index contributed by atoms with van der Waals surface area (Å²) in [5.41, 5.74) is 8.38. The van der Waals surface area contributed by atoms with Crippen LogP contribution in [0.2, 0.25) is 0 Å². The number of para-hydroxylation sites is 3. The SMILES string of the molecule is c1ccc(N(c2ccccc2)c2ccc3c(c2)c2ccccc2n3-c2ccc(-c3nc4ncccc4o3)nc2)cc1. The predicted molar refractivity (Wildman–Crippen MR) is 164 cm³/mol. The van der Waals surface area contributed by atoms with E-state index in [1.165, 1.54) is 10.8 Å². The van der Waals surface area contributed by atoms with E-state index in [9.17, 15) is 0 Å². The summed E-state index contributed by atoms with van der Waals surface area (Å²) in [6.07, 6.45) is 3.58. The fourth-order valence-corrected chi connectivity index (χ4v) is 5.50. The van der Waals surface area contributed by atoms with Gasteiger partial charge in [0.25, 0.3) is 0 Å². The minimum atomic E-state index is 0.457. The zero-order valence-corrected chi connectivity index (χ0v) is 21.9. The Kier molecular flexibility index (Phi) is 5.35. The van der Waals surface area contributed by atoms with Crippen LogP contribution >= 0.6 is 0 Å². The third-order valence-corrected chi connectivity index (χ3v) is 7.33. The Balaban J connectivity index is 1.27. The van der Waals surface area contributed by atoms with Crippen LogP contribution in [0.5, 0.6) is 0 Å². The molecule has 4 aromatic carbocycles. The zero-order valence-electron chi connectivity index (χ0n) is 21.9. The predicted octanol–water partition coefficient (Wildman–Crippen LogP) is 8.85. The van der Waals surface area contributed by atoms with Gasteiger partial charge in [0, 0.05) is 34.0 Å². The molecule has 0 radical (unpaired) electrons. The number of oxazole rings is 1. The van der Waals surface area contributed by atoms with Crippen LogP contribution in [-0.2, 0) is 0 Å². The van der Waals surface area contributed by atoms with E-state index in [0.717, 1.165) is 33.8 Å². The molecule has 0 fully saturated rings. The number of benzene rings is 4. The monoisotopic (exact) mass is 529 g/mol. The van der Waals surface area contributed by atoms with E-state index < -0.39 is 0 Å². The first kappa shape index (κ1) is 23.2. The first-order valence-corrected chi connectivity index (χ1v) is 13.5. The molecule has 8 rings (SSSR count). The third kappa shape index (κ3) is 3.93. The molecule has 0 aliphatic carbocycles. The molecule has 6 heteroatoms. The summed E-state index contributed by atoms with van der Waals surface area (Å²) >= 11 is 0. The number of fused-ring (bicyclic) bond motifs is 4. The number of hydrogen-bond acceptors (Lipinski definition) is 5. The van der Waals surface area contributed by atoms with Gasteiger partial charge < -0.3 is 13.9 Å². The van der Waals surface area contributed by atoms with Gasteiger partial charge in [-0.15, -0.1) is 0 Å². The Bertz CT molecular complexity index is 2080. The van der Waals surface area contributed by atoms with Crippen molar-refractivity contribution in [2.45, 2.75) is 0 Å². The lowest BCUT2D eigenvalue weighted by Crippen LogP contribution is -2.09. The number of pyridine rings is 2. The molecule has 8 aromatic rings. The van der Waals surface area contributed by atoms with Gasteiger partial charge in [-0.2, -0.15) is 4.98 Å². The summed E-state index contributed by atoms with van der Waals surface area (Å²) in [5, 5.41) is 2.35. The molecule has 0 amide bonds. The van der Waals surface area contributed by atoms with Crippen LogP contribution in [0.25, 0.3) is 50.3 Å². The quantitative estimate of drug-likeness (QED) is 0.223. The van der Waals surface area contributed by atoms with E-state index in [1.807, 2.05) is 36.5 Å². The lowest BCUT2D eigenvalue weighted by molar-refractivity contribution is 0.616. The average Bonchev–Trinajstić information content (AvgIpc) is 3.62. The van der Waals surface area contributed by atoms with Crippen molar-refractivity contribution in [2.75, 3.05) is 4.90 Å². The molecule has 0 aliphatic rings. The van der Waals surface area contributed by atoms with Gasteiger partial charge in [-0.3, -0.25) is 0 Å². The molecule has 0 N–H and O–H groups in total. The molecule has 4 aromatic heterocycles. The summed E-state index contributed by atoms with van der Waals surface area (Å²) in [6, 6.07) is 43.8. The van der Waals surface area contributed by atoms with Gasteiger partial charge in [-0.05, 0) is 72.8 Å². The maximum atomic E-state index is 5.89. The summed E-state index contributed by atoms with van der Waals surface area (Å²) in [7, 11) is 0. The molecule has 4 heterocycles. The van der Waals surface area contributed by atoms with E-state index >= 15 is 0 Å². The van der Waals surface area contributed by atoms with Crippen molar-refractivity contribution in [1.82, 2.24) is 19.5 Å². The van der Waals surface area contributed by atoms with E-state index in [2.05, 4.69) is 116 Å². The Labute approximate surface area is 235 Å². The molecule has 0 saturated carbocycles. The van der Waals surface area contributed by atoms with Gasteiger partial charge >= 0.3 is 0 Å². The minimum absolute atomic E-state index is 0.457. The number of nitrogens with zero attached hydrogens (tertiary/aromatic N) is 5. The van der Waals surface area contributed by atoms with Crippen molar-refractivity contribution in [3.05, 3.63) is 140 Å². The average molecular weight is 530 g/mol. The van der Waals surface area contributed by atoms with Crippen molar-refractivity contribution in [3.63, 3.8) is 0 Å². The lowest BCUT2D eigenvalue weighted by Gasteiger charge is -2.25. The maximum Gasteiger partial charge on any atom is 0.247 e. The smallest absolute Gasteiger partial charge is 0.247 e. The summed E-state index contributed by atoms with van der Waals surface area (Å²) in [4.78, 5) is 15.8. The van der Waals surface area contributed by atoms with Crippen molar-refractivity contribution in [3.8, 4) is 17.3 Å². The van der Waals surface area contributed by atoms with Crippen LogP contribution in [0.15, 0.2) is 144 Å². The van der Waals surface area contributed by atoms with Crippen LogP contribution < -0.4 is 4.90 Å². The van der Waals surface area contributed by atoms with Crippen molar-refractivity contribution in [2.24, 2.45) is 0 Å². The first-order valence-electron chi connectivity index (χ1n) is 13.5. The van der Waals surface area contributed by atoms with Crippen LogP contribution in [0, 0.1) is 0 Å². The van der Waals surface area contributed by atoms with Crippen molar-refractivity contribution >= 4 is 50.1 Å². The fourth-order valence-electron chi connectivity index (χ4n) is 5.50. The van der Waals surface area contributed by atoms with Gasteiger partial charge in [0.05, 0.1) is 22.9 Å². The van der Waals surface area contributed by atoms with Crippen LogP contribution in [0.4, 0.5) is 17.1 Å². The molecule has 41 heavy (non-hydrogen) atoms. The van der Waals surface area contributed by atoms with Gasteiger partial charge in [0.2, 0.25) is 5.89 Å². The van der Waals surface area contributed by atoms with E-state index in [1.54, 1.807) is 6.20 Å². The highest BCUT2D eigenvalue weighted by atomic mass is 16.3. The van der Waals surface area contributed by atoms with E-state index in [4.69, 9.17) is 9.40 Å². The Hall–Kier alpha value is -5.75. The second kappa shape index (κ2) is 9.47. The molecule has 0 atom stereocenters. The number of hydrogen-bond donors (Lipinski definition) is 0. The maximum absolute atomic E-state index is 5.89. The molecule has 194 valence electrons. The summed E-state index contributed by atoms with van der Waals surface area (Å²) in [5.74, 6) is 0.457. The topological polar surface area (TPSA) is 60.0 Å². The van der Waals surface area contributed by atoms with Gasteiger partial charge in [0.1, 0.15) is 5.69 Å². The number of rotatable bonds is 5. The van der Waals surface area contributed by atoms with Crippen LogP contribution in [0.3, 0.4) is 0 Å². The zero-order chi connectivity index (χ0) is 27.2. The molecule has 0 aliphatic heterocycles. The first-order chi connectivity index (χ1) is 20.3. The second-order valence-electron chi connectivity index (χ2n) is 9.81. The molecular weight excluding hydrogens is 506 g/mol. The summed E-state index contributed by atoms with van der Waals surface area (Å²) in [6.45, 7) is 0. The molecule has 0 unspecified atom stereocenters. The highest BCUT2D eigenvalue weighted by Crippen LogP contribution is 2.39.